The lowest BCUT2D eigenvalue weighted by atomic mass is 10.1. The topological polar surface area (TPSA) is 24.1 Å². The molecule has 10 heavy (non-hydrogen) atoms. The van der Waals surface area contributed by atoms with Gasteiger partial charge < -0.3 is 10.6 Å². The fraction of sp³-hybridized carbons (Fsp3) is 1.00. The Balaban J connectivity index is 2.24. The summed E-state index contributed by atoms with van der Waals surface area (Å²) in [7, 11) is 0. The van der Waals surface area contributed by atoms with Crippen LogP contribution >= 0.6 is 0 Å². The van der Waals surface area contributed by atoms with Crippen LogP contribution in [-0.4, -0.2) is 24.7 Å². The Hall–Kier alpha value is -0.0800. The second-order valence-corrected chi connectivity index (χ2v) is 4.08. The highest BCUT2D eigenvalue weighted by atomic mass is 15.1. The van der Waals surface area contributed by atoms with Crippen molar-refractivity contribution in [1.82, 2.24) is 10.6 Å². The van der Waals surface area contributed by atoms with Crippen molar-refractivity contribution in [2.45, 2.75) is 38.8 Å². The van der Waals surface area contributed by atoms with Gasteiger partial charge in [0.05, 0.1) is 0 Å². The minimum Gasteiger partial charge on any atom is -0.315 e. The van der Waals surface area contributed by atoms with Gasteiger partial charge in [-0.15, -0.1) is 0 Å². The monoisotopic (exact) mass is 142 g/mol. The summed E-state index contributed by atoms with van der Waals surface area (Å²) >= 11 is 0. The Morgan fingerprint density at radius 1 is 1.40 bits per heavy atom. The predicted octanol–water partition coefficient (Wildman–Crippen LogP) is 0.736. The molecule has 1 aliphatic rings. The Kier molecular flexibility index (Phi) is 2.32. The Morgan fingerprint density at radius 2 is 2.10 bits per heavy atom. The summed E-state index contributed by atoms with van der Waals surface area (Å²) in [6.45, 7) is 8.95. The summed E-state index contributed by atoms with van der Waals surface area (Å²) in [6.07, 6.45) is 1.28. The van der Waals surface area contributed by atoms with E-state index < -0.39 is 0 Å². The van der Waals surface area contributed by atoms with Gasteiger partial charge in [-0.1, -0.05) is 0 Å². The van der Waals surface area contributed by atoms with Crippen LogP contribution in [0.15, 0.2) is 0 Å². The molecule has 0 amide bonds. The van der Waals surface area contributed by atoms with Crippen molar-refractivity contribution in [3.63, 3.8) is 0 Å². The molecule has 0 aliphatic carbocycles. The second kappa shape index (κ2) is 2.89. The van der Waals surface area contributed by atoms with E-state index in [4.69, 9.17) is 0 Å². The van der Waals surface area contributed by atoms with Crippen LogP contribution in [0.5, 0.6) is 0 Å². The Morgan fingerprint density at radius 3 is 2.50 bits per heavy atom. The molecule has 0 unspecified atom stereocenters. The fourth-order valence-electron chi connectivity index (χ4n) is 1.39. The summed E-state index contributed by atoms with van der Waals surface area (Å²) in [5.74, 6) is 0. The van der Waals surface area contributed by atoms with E-state index in [1.165, 1.54) is 13.0 Å². The predicted molar refractivity (Wildman–Crippen MR) is 44.2 cm³/mol. The van der Waals surface area contributed by atoms with Crippen LogP contribution in [-0.2, 0) is 0 Å². The molecule has 1 saturated heterocycles. The highest BCUT2D eigenvalue weighted by Gasteiger charge is 2.19. The first-order valence-corrected chi connectivity index (χ1v) is 4.06. The van der Waals surface area contributed by atoms with Crippen LogP contribution in [0.3, 0.4) is 0 Å². The lowest BCUT2D eigenvalue weighted by Gasteiger charge is -2.25. The van der Waals surface area contributed by atoms with Gasteiger partial charge in [-0.3, -0.25) is 0 Å². The van der Waals surface area contributed by atoms with Crippen LogP contribution in [0.2, 0.25) is 0 Å². The lowest BCUT2D eigenvalue weighted by molar-refractivity contribution is 0.371. The third kappa shape index (κ3) is 2.67. The van der Waals surface area contributed by atoms with Gasteiger partial charge in [0.2, 0.25) is 0 Å². The molecule has 1 heterocycles. The molecule has 2 nitrogen and oxygen atoms in total. The largest absolute Gasteiger partial charge is 0.315 e. The zero-order chi connectivity index (χ0) is 7.61. The van der Waals surface area contributed by atoms with E-state index in [-0.39, 0.29) is 5.54 Å². The third-order valence-corrected chi connectivity index (χ3v) is 1.70. The van der Waals surface area contributed by atoms with Gasteiger partial charge in [-0.05, 0) is 33.7 Å². The van der Waals surface area contributed by atoms with Gasteiger partial charge in [0.1, 0.15) is 0 Å². The normalized spacial score (nSPS) is 27.3. The minimum atomic E-state index is 0.274. The molecule has 60 valence electrons. The van der Waals surface area contributed by atoms with Crippen molar-refractivity contribution in [3.05, 3.63) is 0 Å². The maximum atomic E-state index is 3.56. The average Bonchev–Trinajstić information content (AvgIpc) is 2.12. The molecule has 2 heteroatoms. The highest BCUT2D eigenvalue weighted by molar-refractivity contribution is 4.83. The second-order valence-electron chi connectivity index (χ2n) is 4.08. The summed E-state index contributed by atoms with van der Waals surface area (Å²) in [6, 6.07) is 0.694. The standard InChI is InChI=1S/C8H18N2/c1-8(2,3)10-7-4-5-9-6-7/h7,9-10H,4-6H2,1-3H3/t7-/m0/s1. The molecule has 0 aromatic carbocycles. The first kappa shape index (κ1) is 8.02. The molecule has 0 aromatic rings. The van der Waals surface area contributed by atoms with E-state index in [0.717, 1.165) is 6.54 Å². The van der Waals surface area contributed by atoms with E-state index >= 15 is 0 Å². The maximum absolute atomic E-state index is 3.56. The van der Waals surface area contributed by atoms with Gasteiger partial charge >= 0.3 is 0 Å². The fourth-order valence-corrected chi connectivity index (χ4v) is 1.39. The minimum absolute atomic E-state index is 0.274. The third-order valence-electron chi connectivity index (χ3n) is 1.70. The molecule has 0 spiro atoms. The number of rotatable bonds is 1. The summed E-state index contributed by atoms with van der Waals surface area (Å²) in [5, 5.41) is 6.89. The first-order chi connectivity index (χ1) is 4.58. The van der Waals surface area contributed by atoms with E-state index in [2.05, 4.69) is 31.4 Å². The zero-order valence-corrected chi connectivity index (χ0v) is 7.20. The number of nitrogens with one attached hydrogen (secondary N) is 2. The smallest absolute Gasteiger partial charge is 0.0209 e. The highest BCUT2D eigenvalue weighted by Crippen LogP contribution is 2.05. The number of hydrogen-bond donors (Lipinski definition) is 2. The van der Waals surface area contributed by atoms with E-state index in [1.807, 2.05) is 0 Å². The molecule has 1 aliphatic heterocycles. The molecule has 0 bridgehead atoms. The van der Waals surface area contributed by atoms with Crippen LogP contribution in [0.1, 0.15) is 27.2 Å². The molecular formula is C8H18N2. The molecule has 1 rings (SSSR count). The molecule has 2 N–H and O–H groups in total. The van der Waals surface area contributed by atoms with Crippen molar-refractivity contribution in [1.29, 1.82) is 0 Å². The zero-order valence-electron chi connectivity index (χ0n) is 7.20. The van der Waals surface area contributed by atoms with Crippen molar-refractivity contribution in [3.8, 4) is 0 Å². The molecule has 0 aromatic heterocycles. The molecule has 1 atom stereocenters. The first-order valence-electron chi connectivity index (χ1n) is 4.06. The van der Waals surface area contributed by atoms with Gasteiger partial charge in [0.15, 0.2) is 0 Å². The van der Waals surface area contributed by atoms with E-state index in [0.29, 0.717) is 6.04 Å². The van der Waals surface area contributed by atoms with Crippen molar-refractivity contribution >= 4 is 0 Å². The van der Waals surface area contributed by atoms with Gasteiger partial charge in [-0.2, -0.15) is 0 Å². The van der Waals surface area contributed by atoms with Crippen molar-refractivity contribution in [2.24, 2.45) is 0 Å². The van der Waals surface area contributed by atoms with Gasteiger partial charge in [-0.25, -0.2) is 0 Å². The van der Waals surface area contributed by atoms with Gasteiger partial charge in [0, 0.05) is 18.1 Å². The Bertz CT molecular complexity index is 98.3. The molecule has 0 saturated carbocycles. The maximum Gasteiger partial charge on any atom is 0.0209 e. The van der Waals surface area contributed by atoms with Crippen LogP contribution in [0.4, 0.5) is 0 Å². The van der Waals surface area contributed by atoms with E-state index in [9.17, 15) is 0 Å². The summed E-state index contributed by atoms with van der Waals surface area (Å²) < 4.78 is 0. The lowest BCUT2D eigenvalue weighted by Crippen LogP contribution is -2.44. The SMILES string of the molecule is CC(C)(C)N[C@H]1CCNC1. The average molecular weight is 142 g/mol. The number of hydrogen-bond acceptors (Lipinski definition) is 2. The quantitative estimate of drug-likeness (QED) is 0.564. The van der Waals surface area contributed by atoms with Crippen molar-refractivity contribution < 1.29 is 0 Å². The van der Waals surface area contributed by atoms with Crippen molar-refractivity contribution in [2.75, 3.05) is 13.1 Å². The van der Waals surface area contributed by atoms with Crippen LogP contribution in [0.25, 0.3) is 0 Å². The van der Waals surface area contributed by atoms with Crippen LogP contribution < -0.4 is 10.6 Å². The summed E-state index contributed by atoms with van der Waals surface area (Å²) in [5.41, 5.74) is 0.274. The van der Waals surface area contributed by atoms with Gasteiger partial charge in [0.25, 0.3) is 0 Å². The molecule has 0 radical (unpaired) electrons. The summed E-state index contributed by atoms with van der Waals surface area (Å²) in [4.78, 5) is 0. The Labute approximate surface area is 63.4 Å². The molecular weight excluding hydrogens is 124 g/mol. The van der Waals surface area contributed by atoms with Crippen LogP contribution in [0, 0.1) is 0 Å². The van der Waals surface area contributed by atoms with E-state index in [1.54, 1.807) is 0 Å². The molecule has 1 fully saturated rings.